The molecule has 0 aliphatic rings. The van der Waals surface area contributed by atoms with Gasteiger partial charge in [-0.2, -0.15) is 5.26 Å². The van der Waals surface area contributed by atoms with Crippen LogP contribution in [0.15, 0.2) is 55.2 Å². The van der Waals surface area contributed by atoms with Crippen LogP contribution in [-0.4, -0.2) is 38.2 Å². The van der Waals surface area contributed by atoms with Gasteiger partial charge in [-0.1, -0.05) is 0 Å². The van der Waals surface area contributed by atoms with E-state index in [1.807, 2.05) is 18.3 Å². The predicted octanol–water partition coefficient (Wildman–Crippen LogP) is 4.11. The molecule has 0 spiro atoms. The van der Waals surface area contributed by atoms with E-state index in [2.05, 4.69) is 31.3 Å². The van der Waals surface area contributed by atoms with Gasteiger partial charge in [-0.05, 0) is 24.3 Å². The number of aromatic nitrogens is 5. The number of ether oxygens (including phenoxy) is 1. The van der Waals surface area contributed by atoms with Crippen LogP contribution >= 0.6 is 0 Å². The zero-order valence-electron chi connectivity index (χ0n) is 17.1. The van der Waals surface area contributed by atoms with Gasteiger partial charge < -0.3 is 19.6 Å². The number of rotatable bonds is 6. The number of fused-ring (bicyclic) bond motifs is 2. The third-order valence-corrected chi connectivity index (χ3v) is 5.37. The minimum Gasteiger partial charge on any atom is -0.496 e. The molecule has 0 amide bonds. The first kappa shape index (κ1) is 19.5. The first-order valence-electron chi connectivity index (χ1n) is 9.93. The summed E-state index contributed by atoms with van der Waals surface area (Å²) < 4.78 is 21.5. The third kappa shape index (κ3) is 3.28. The molecule has 0 fully saturated rings. The fourth-order valence-electron chi connectivity index (χ4n) is 3.90. The largest absolute Gasteiger partial charge is 0.496 e. The Hall–Kier alpha value is -4.45. The molecule has 0 bridgehead atoms. The molecule has 8 nitrogen and oxygen atoms in total. The SMILES string of the molecule is COc1ccc(F)c2c1cc(C#N)n2CCNc1cc(-c2c[nH]c3cnccc23)ncn1. The number of nitriles is 1. The maximum absolute atomic E-state index is 14.6. The van der Waals surface area contributed by atoms with Crippen LogP contribution in [0.25, 0.3) is 33.1 Å². The molecule has 0 saturated heterocycles. The summed E-state index contributed by atoms with van der Waals surface area (Å²) in [5, 5.41) is 14.4. The molecule has 0 unspecified atom stereocenters. The molecule has 0 aliphatic heterocycles. The second kappa shape index (κ2) is 8.00. The Labute approximate surface area is 182 Å². The summed E-state index contributed by atoms with van der Waals surface area (Å²) >= 11 is 0. The molecule has 32 heavy (non-hydrogen) atoms. The number of halogens is 1. The second-order valence-corrected chi connectivity index (χ2v) is 7.14. The molecule has 0 radical (unpaired) electrons. The lowest BCUT2D eigenvalue weighted by Crippen LogP contribution is -2.13. The fraction of sp³-hybridized carbons (Fsp3) is 0.130. The molecule has 9 heteroatoms. The van der Waals surface area contributed by atoms with E-state index in [4.69, 9.17) is 4.74 Å². The topological polar surface area (TPSA) is 104 Å². The molecule has 1 aromatic carbocycles. The Morgan fingerprint density at radius 3 is 2.97 bits per heavy atom. The number of pyridine rings is 1. The highest BCUT2D eigenvalue weighted by molar-refractivity contribution is 5.94. The molecule has 158 valence electrons. The van der Waals surface area contributed by atoms with Crippen LogP contribution in [-0.2, 0) is 6.54 Å². The van der Waals surface area contributed by atoms with E-state index >= 15 is 0 Å². The highest BCUT2D eigenvalue weighted by Gasteiger charge is 2.16. The van der Waals surface area contributed by atoms with Crippen molar-refractivity contribution in [3.63, 3.8) is 0 Å². The maximum atomic E-state index is 14.6. The van der Waals surface area contributed by atoms with Crippen molar-refractivity contribution in [1.82, 2.24) is 24.5 Å². The van der Waals surface area contributed by atoms with E-state index in [0.29, 0.717) is 41.3 Å². The minimum atomic E-state index is -0.402. The van der Waals surface area contributed by atoms with Gasteiger partial charge in [0.15, 0.2) is 0 Å². The summed E-state index contributed by atoms with van der Waals surface area (Å²) in [6.45, 7) is 0.804. The van der Waals surface area contributed by atoms with Gasteiger partial charge in [0.25, 0.3) is 0 Å². The van der Waals surface area contributed by atoms with Crippen LogP contribution in [0.3, 0.4) is 0 Å². The van der Waals surface area contributed by atoms with Crippen LogP contribution < -0.4 is 10.1 Å². The van der Waals surface area contributed by atoms with Gasteiger partial charge in [0, 0.05) is 47.9 Å². The maximum Gasteiger partial charge on any atom is 0.147 e. The van der Waals surface area contributed by atoms with Crippen LogP contribution in [0.4, 0.5) is 10.2 Å². The van der Waals surface area contributed by atoms with E-state index in [1.165, 1.54) is 19.5 Å². The summed E-state index contributed by atoms with van der Waals surface area (Å²) in [7, 11) is 1.52. The van der Waals surface area contributed by atoms with Crippen molar-refractivity contribution in [2.75, 3.05) is 19.0 Å². The van der Waals surface area contributed by atoms with Crippen molar-refractivity contribution in [2.45, 2.75) is 6.54 Å². The Balaban J connectivity index is 1.39. The first-order valence-corrected chi connectivity index (χ1v) is 9.93. The van der Waals surface area contributed by atoms with Crippen molar-refractivity contribution >= 4 is 27.6 Å². The molecule has 4 aromatic heterocycles. The number of nitrogens with zero attached hydrogens (tertiary/aromatic N) is 5. The molecule has 0 atom stereocenters. The molecular formula is C23H18FN7O. The summed E-state index contributed by atoms with van der Waals surface area (Å²) in [6.07, 6.45) is 6.89. The molecular weight excluding hydrogens is 409 g/mol. The number of aromatic amines is 1. The number of hydrogen-bond donors (Lipinski definition) is 2. The third-order valence-electron chi connectivity index (χ3n) is 5.37. The minimum absolute atomic E-state index is 0.346. The Morgan fingerprint density at radius 1 is 1.22 bits per heavy atom. The molecule has 2 N–H and O–H groups in total. The number of anilines is 1. The van der Waals surface area contributed by atoms with Crippen molar-refractivity contribution in [1.29, 1.82) is 5.26 Å². The summed E-state index contributed by atoms with van der Waals surface area (Å²) in [5.74, 6) is 0.755. The van der Waals surface area contributed by atoms with Gasteiger partial charge in [-0.25, -0.2) is 14.4 Å². The van der Waals surface area contributed by atoms with Gasteiger partial charge in [0.2, 0.25) is 0 Å². The van der Waals surface area contributed by atoms with Crippen molar-refractivity contribution < 1.29 is 9.13 Å². The average Bonchev–Trinajstić information content (AvgIpc) is 3.42. The van der Waals surface area contributed by atoms with Gasteiger partial charge >= 0.3 is 0 Å². The Bertz CT molecular complexity index is 1480. The first-order chi connectivity index (χ1) is 15.7. The Kier molecular flexibility index (Phi) is 4.88. The summed E-state index contributed by atoms with van der Waals surface area (Å²) in [4.78, 5) is 16.0. The normalized spacial score (nSPS) is 11.0. The van der Waals surface area contributed by atoms with Gasteiger partial charge in [-0.15, -0.1) is 0 Å². The molecule has 0 aliphatic carbocycles. The predicted molar refractivity (Wildman–Crippen MR) is 119 cm³/mol. The van der Waals surface area contributed by atoms with Crippen molar-refractivity contribution in [3.8, 4) is 23.1 Å². The van der Waals surface area contributed by atoms with E-state index in [1.54, 1.807) is 29.1 Å². The van der Waals surface area contributed by atoms with E-state index in [9.17, 15) is 9.65 Å². The fourth-order valence-corrected chi connectivity index (χ4v) is 3.90. The molecule has 0 saturated carbocycles. The van der Waals surface area contributed by atoms with Gasteiger partial charge in [-0.3, -0.25) is 4.98 Å². The van der Waals surface area contributed by atoms with Gasteiger partial charge in [0.1, 0.15) is 35.5 Å². The van der Waals surface area contributed by atoms with Crippen LogP contribution in [0.2, 0.25) is 0 Å². The van der Waals surface area contributed by atoms with Crippen LogP contribution in [0.1, 0.15) is 5.69 Å². The quantitative estimate of drug-likeness (QED) is 0.423. The van der Waals surface area contributed by atoms with Crippen molar-refractivity contribution in [3.05, 3.63) is 66.8 Å². The molecule has 5 rings (SSSR count). The van der Waals surface area contributed by atoms with E-state index < -0.39 is 5.82 Å². The standard InChI is InChI=1S/C23H18FN7O/c1-32-21-3-2-18(24)23-16(21)8-14(10-25)31(23)7-6-27-22-9-19(29-13-30-22)17-11-28-20-12-26-5-4-15(17)20/h2-5,8-9,11-13,28H,6-7H2,1H3,(H,27,29,30). The summed E-state index contributed by atoms with van der Waals surface area (Å²) in [6, 6.07) is 10.5. The highest BCUT2D eigenvalue weighted by Crippen LogP contribution is 2.31. The number of H-pyrrole nitrogens is 1. The molecule has 4 heterocycles. The number of nitrogens with one attached hydrogen (secondary N) is 2. The average molecular weight is 427 g/mol. The lowest BCUT2D eigenvalue weighted by atomic mass is 10.1. The number of methoxy groups -OCH3 is 1. The van der Waals surface area contributed by atoms with Crippen molar-refractivity contribution in [2.24, 2.45) is 0 Å². The second-order valence-electron chi connectivity index (χ2n) is 7.14. The highest BCUT2D eigenvalue weighted by atomic mass is 19.1. The van der Waals surface area contributed by atoms with Gasteiger partial charge in [0.05, 0.1) is 30.0 Å². The van der Waals surface area contributed by atoms with E-state index in [-0.39, 0.29) is 0 Å². The van der Waals surface area contributed by atoms with E-state index in [0.717, 1.165) is 22.2 Å². The summed E-state index contributed by atoms with van der Waals surface area (Å²) in [5.41, 5.74) is 3.35. The van der Waals surface area contributed by atoms with Crippen LogP contribution in [0, 0.1) is 17.1 Å². The lowest BCUT2D eigenvalue weighted by molar-refractivity contribution is 0.419. The monoisotopic (exact) mass is 427 g/mol. The zero-order valence-corrected chi connectivity index (χ0v) is 17.1. The number of hydrogen-bond acceptors (Lipinski definition) is 6. The molecule has 5 aromatic rings. The Morgan fingerprint density at radius 2 is 2.12 bits per heavy atom. The smallest absolute Gasteiger partial charge is 0.147 e. The lowest BCUT2D eigenvalue weighted by Gasteiger charge is -2.11. The van der Waals surface area contributed by atoms with Crippen LogP contribution in [0.5, 0.6) is 5.75 Å². The zero-order chi connectivity index (χ0) is 22.1. The number of benzene rings is 1.